The van der Waals surface area contributed by atoms with Crippen molar-refractivity contribution in [1.82, 2.24) is 0 Å². The van der Waals surface area contributed by atoms with Crippen LogP contribution in [0.25, 0.3) is 0 Å². The highest BCUT2D eigenvalue weighted by molar-refractivity contribution is 5.45. The molecule has 1 N–H and O–H groups in total. The van der Waals surface area contributed by atoms with Gasteiger partial charge in [0.2, 0.25) is 0 Å². The van der Waals surface area contributed by atoms with Crippen molar-refractivity contribution < 1.29 is 9.84 Å². The number of aryl methyl sites for hydroxylation is 2. The van der Waals surface area contributed by atoms with Gasteiger partial charge >= 0.3 is 0 Å². The van der Waals surface area contributed by atoms with Gasteiger partial charge in [-0.3, -0.25) is 0 Å². The lowest BCUT2D eigenvalue weighted by molar-refractivity contribution is 0.0988. The maximum absolute atomic E-state index is 10.9. The summed E-state index contributed by atoms with van der Waals surface area (Å²) in [6.45, 7) is 5.88. The SMILES string of the molecule is COc1ccccc1C(C)(O)c1cc(C)cc(C)c1. The molecule has 0 aliphatic carbocycles. The molecule has 1 atom stereocenters. The van der Waals surface area contributed by atoms with E-state index < -0.39 is 5.60 Å². The second-order valence-corrected chi connectivity index (χ2v) is 5.15. The molecule has 0 bridgehead atoms. The number of para-hydroxylation sites is 1. The zero-order valence-corrected chi connectivity index (χ0v) is 11.9. The molecule has 0 amide bonds. The van der Waals surface area contributed by atoms with Gasteiger partial charge < -0.3 is 9.84 Å². The number of methoxy groups -OCH3 is 1. The van der Waals surface area contributed by atoms with Gasteiger partial charge in [0.1, 0.15) is 11.4 Å². The van der Waals surface area contributed by atoms with Crippen molar-refractivity contribution in [2.24, 2.45) is 0 Å². The Kier molecular flexibility index (Phi) is 3.63. The van der Waals surface area contributed by atoms with Crippen LogP contribution in [-0.2, 0) is 5.60 Å². The molecule has 2 aromatic carbocycles. The summed E-state index contributed by atoms with van der Waals surface area (Å²) in [7, 11) is 1.62. The Morgan fingerprint density at radius 2 is 1.58 bits per heavy atom. The Morgan fingerprint density at radius 3 is 2.16 bits per heavy atom. The first-order valence-corrected chi connectivity index (χ1v) is 6.40. The number of benzene rings is 2. The van der Waals surface area contributed by atoms with Crippen LogP contribution in [0.4, 0.5) is 0 Å². The third kappa shape index (κ3) is 2.64. The Labute approximate surface area is 114 Å². The zero-order chi connectivity index (χ0) is 14.0. The van der Waals surface area contributed by atoms with Crippen LogP contribution in [0.5, 0.6) is 5.75 Å². The second kappa shape index (κ2) is 5.06. The minimum absolute atomic E-state index is 0.701. The van der Waals surface area contributed by atoms with Crippen molar-refractivity contribution in [3.63, 3.8) is 0 Å². The Hall–Kier alpha value is -1.80. The lowest BCUT2D eigenvalue weighted by Crippen LogP contribution is -2.23. The molecule has 2 heteroatoms. The molecule has 0 aliphatic rings. The van der Waals surface area contributed by atoms with Crippen LogP contribution >= 0.6 is 0 Å². The highest BCUT2D eigenvalue weighted by atomic mass is 16.5. The molecule has 0 fully saturated rings. The first-order chi connectivity index (χ1) is 8.95. The third-order valence-corrected chi connectivity index (χ3v) is 3.42. The van der Waals surface area contributed by atoms with Crippen molar-refractivity contribution in [1.29, 1.82) is 0 Å². The van der Waals surface area contributed by atoms with Crippen LogP contribution in [-0.4, -0.2) is 12.2 Å². The molecule has 1 unspecified atom stereocenters. The molecule has 0 aliphatic heterocycles. The molecule has 19 heavy (non-hydrogen) atoms. The van der Waals surface area contributed by atoms with Crippen molar-refractivity contribution in [3.8, 4) is 5.75 Å². The van der Waals surface area contributed by atoms with Gasteiger partial charge in [-0.15, -0.1) is 0 Å². The van der Waals surface area contributed by atoms with E-state index in [1.807, 2.05) is 50.2 Å². The molecule has 0 radical (unpaired) electrons. The average molecular weight is 256 g/mol. The fraction of sp³-hybridized carbons (Fsp3) is 0.294. The van der Waals surface area contributed by atoms with Gasteiger partial charge in [-0.05, 0) is 32.4 Å². The van der Waals surface area contributed by atoms with E-state index in [0.717, 1.165) is 22.3 Å². The molecule has 0 heterocycles. The summed E-state index contributed by atoms with van der Waals surface area (Å²) in [4.78, 5) is 0. The van der Waals surface area contributed by atoms with E-state index >= 15 is 0 Å². The van der Waals surface area contributed by atoms with E-state index in [2.05, 4.69) is 6.07 Å². The molecular weight excluding hydrogens is 236 g/mol. The van der Waals surface area contributed by atoms with Crippen molar-refractivity contribution >= 4 is 0 Å². The van der Waals surface area contributed by atoms with Gasteiger partial charge in [0.15, 0.2) is 0 Å². The summed E-state index contributed by atoms with van der Waals surface area (Å²) in [5.41, 5.74) is 2.89. The number of hydrogen-bond donors (Lipinski definition) is 1. The number of rotatable bonds is 3. The summed E-state index contributed by atoms with van der Waals surface area (Å²) in [5.74, 6) is 0.701. The summed E-state index contributed by atoms with van der Waals surface area (Å²) in [6, 6.07) is 13.7. The fourth-order valence-corrected chi connectivity index (χ4v) is 2.46. The molecule has 0 aromatic heterocycles. The predicted octanol–water partition coefficient (Wildman–Crippen LogP) is 3.57. The summed E-state index contributed by atoms with van der Waals surface area (Å²) in [6.07, 6.45) is 0. The van der Waals surface area contributed by atoms with Gasteiger partial charge in [-0.1, -0.05) is 47.5 Å². The van der Waals surface area contributed by atoms with Crippen LogP contribution in [0.3, 0.4) is 0 Å². The van der Waals surface area contributed by atoms with Gasteiger partial charge in [0.05, 0.1) is 7.11 Å². The van der Waals surface area contributed by atoms with E-state index in [9.17, 15) is 5.11 Å². The molecular formula is C17H20O2. The van der Waals surface area contributed by atoms with Gasteiger partial charge in [0, 0.05) is 5.56 Å². The van der Waals surface area contributed by atoms with Crippen molar-refractivity contribution in [3.05, 3.63) is 64.7 Å². The van der Waals surface area contributed by atoms with Crippen molar-refractivity contribution in [2.75, 3.05) is 7.11 Å². The van der Waals surface area contributed by atoms with Crippen LogP contribution in [0.15, 0.2) is 42.5 Å². The zero-order valence-electron chi connectivity index (χ0n) is 11.9. The Balaban J connectivity index is 2.57. The van der Waals surface area contributed by atoms with Gasteiger partial charge in [-0.2, -0.15) is 0 Å². The molecule has 0 spiro atoms. The van der Waals surface area contributed by atoms with Crippen LogP contribution in [0, 0.1) is 13.8 Å². The first-order valence-electron chi connectivity index (χ1n) is 6.40. The van der Waals surface area contributed by atoms with E-state index in [1.54, 1.807) is 14.0 Å². The molecule has 100 valence electrons. The van der Waals surface area contributed by atoms with Crippen molar-refractivity contribution in [2.45, 2.75) is 26.4 Å². The van der Waals surface area contributed by atoms with E-state index in [0.29, 0.717) is 5.75 Å². The van der Waals surface area contributed by atoms with Crippen LogP contribution < -0.4 is 4.74 Å². The maximum atomic E-state index is 10.9. The largest absolute Gasteiger partial charge is 0.496 e. The summed E-state index contributed by atoms with van der Waals surface area (Å²) in [5, 5.41) is 10.9. The topological polar surface area (TPSA) is 29.5 Å². The predicted molar refractivity (Wildman–Crippen MR) is 77.6 cm³/mol. The Morgan fingerprint density at radius 1 is 1.00 bits per heavy atom. The molecule has 2 aromatic rings. The van der Waals surface area contributed by atoms with Crippen LogP contribution in [0.1, 0.15) is 29.2 Å². The highest BCUT2D eigenvalue weighted by Crippen LogP contribution is 2.35. The van der Waals surface area contributed by atoms with E-state index in [-0.39, 0.29) is 0 Å². The lowest BCUT2D eigenvalue weighted by atomic mass is 9.86. The lowest BCUT2D eigenvalue weighted by Gasteiger charge is -2.27. The maximum Gasteiger partial charge on any atom is 0.125 e. The minimum atomic E-state index is -1.07. The molecule has 0 saturated carbocycles. The minimum Gasteiger partial charge on any atom is -0.496 e. The summed E-state index contributed by atoms with van der Waals surface area (Å²) < 4.78 is 5.35. The number of aliphatic hydroxyl groups is 1. The van der Waals surface area contributed by atoms with Crippen LogP contribution in [0.2, 0.25) is 0 Å². The molecule has 2 rings (SSSR count). The molecule has 2 nitrogen and oxygen atoms in total. The first kappa shape index (κ1) is 13.6. The quantitative estimate of drug-likeness (QED) is 0.909. The standard InChI is InChI=1S/C17H20O2/c1-12-9-13(2)11-14(10-12)17(3,18)15-7-5-6-8-16(15)19-4/h5-11,18H,1-4H3. The summed E-state index contributed by atoms with van der Waals surface area (Å²) >= 11 is 0. The fourth-order valence-electron chi connectivity index (χ4n) is 2.46. The van der Waals surface area contributed by atoms with E-state index in [4.69, 9.17) is 4.74 Å². The van der Waals surface area contributed by atoms with Gasteiger partial charge in [-0.25, -0.2) is 0 Å². The average Bonchev–Trinajstić information content (AvgIpc) is 2.37. The number of hydrogen-bond acceptors (Lipinski definition) is 2. The Bertz CT molecular complexity index is 565. The smallest absolute Gasteiger partial charge is 0.125 e. The highest BCUT2D eigenvalue weighted by Gasteiger charge is 2.29. The second-order valence-electron chi connectivity index (χ2n) is 5.15. The molecule has 0 saturated heterocycles. The van der Waals surface area contributed by atoms with E-state index in [1.165, 1.54) is 0 Å². The number of ether oxygens (including phenoxy) is 1. The normalized spacial score (nSPS) is 13.9. The van der Waals surface area contributed by atoms with Gasteiger partial charge in [0.25, 0.3) is 0 Å². The third-order valence-electron chi connectivity index (χ3n) is 3.42. The monoisotopic (exact) mass is 256 g/mol.